The number of amides is 1. The van der Waals surface area contributed by atoms with Gasteiger partial charge in [-0.25, -0.2) is 0 Å². The molecule has 144 valence electrons. The third kappa shape index (κ3) is 5.51. The molecule has 0 bridgehead atoms. The van der Waals surface area contributed by atoms with Gasteiger partial charge in [0.1, 0.15) is 23.2 Å². The second-order valence-electron chi connectivity index (χ2n) is 6.10. The van der Waals surface area contributed by atoms with Crippen molar-refractivity contribution in [3.05, 3.63) is 91.0 Å². The van der Waals surface area contributed by atoms with Crippen molar-refractivity contribution < 1.29 is 16.1 Å². The maximum atomic E-state index is 11.7. The molecule has 3 aromatic carbocycles. The van der Waals surface area contributed by atoms with Crippen molar-refractivity contribution in [3.8, 4) is 0 Å². The van der Waals surface area contributed by atoms with Crippen LogP contribution in [0.15, 0.2) is 91.0 Å². The standard InChI is InChI=1S/C21H20NOP.C2H4O2/c22-21(23)16-17-24(18-10-4-1-5-11-18,19-12-6-2-7-13-19)20-14-8-3-9-15-20;1-2(3)4/h1-15H,16-17H2,(H-,22,23);1H3,(H,3,4)/i16D;. The van der Waals surface area contributed by atoms with Crippen LogP contribution in [0, 0.1) is 0 Å². The Morgan fingerprint density at radius 2 is 1.11 bits per heavy atom. The average Bonchev–Trinajstić information content (AvgIpc) is 2.73. The number of carbonyl (C=O) groups is 2. The van der Waals surface area contributed by atoms with Gasteiger partial charge in [-0.15, -0.1) is 0 Å². The highest BCUT2D eigenvalue weighted by molar-refractivity contribution is 7.95. The zero-order valence-electron chi connectivity index (χ0n) is 16.7. The Hall–Kier alpha value is -2.97. The maximum absolute atomic E-state index is 11.7. The van der Waals surface area contributed by atoms with Gasteiger partial charge in [0, 0.05) is 7.34 Å². The molecule has 1 amide bonds. The Labute approximate surface area is 167 Å². The van der Waals surface area contributed by atoms with Crippen LogP contribution in [0.1, 0.15) is 14.7 Å². The summed E-state index contributed by atoms with van der Waals surface area (Å²) in [4.78, 5) is 20.6. The number of carbonyl (C=O) groups excluding carboxylic acids is 2. The minimum absolute atomic E-state index is 0.403. The van der Waals surface area contributed by atoms with E-state index >= 15 is 0 Å². The van der Waals surface area contributed by atoms with E-state index in [9.17, 15) is 4.79 Å². The van der Waals surface area contributed by atoms with E-state index in [1.165, 1.54) is 0 Å². The van der Waals surface area contributed by atoms with Gasteiger partial charge in [0.15, 0.2) is 0 Å². The van der Waals surface area contributed by atoms with E-state index < -0.39 is 25.5 Å². The van der Waals surface area contributed by atoms with Crippen LogP contribution < -0.4 is 26.8 Å². The van der Waals surface area contributed by atoms with Gasteiger partial charge in [-0.2, -0.15) is 0 Å². The highest BCUT2D eigenvalue weighted by Gasteiger charge is 2.44. The number of hydrogen-bond donors (Lipinski definition) is 1. The molecule has 4 nitrogen and oxygen atoms in total. The highest BCUT2D eigenvalue weighted by atomic mass is 31.2. The summed E-state index contributed by atoms with van der Waals surface area (Å²) in [5.74, 6) is -1.66. The summed E-state index contributed by atoms with van der Waals surface area (Å²) in [6.07, 6.45) is -0.547. The first-order valence-electron chi connectivity index (χ1n) is 9.39. The van der Waals surface area contributed by atoms with Crippen LogP contribution in [-0.2, 0) is 9.59 Å². The van der Waals surface area contributed by atoms with E-state index in [1.807, 2.05) is 54.6 Å². The summed E-state index contributed by atoms with van der Waals surface area (Å²) < 4.78 is 8.28. The summed E-state index contributed by atoms with van der Waals surface area (Å²) in [7, 11) is -2.15. The second kappa shape index (κ2) is 10.4. The Morgan fingerprint density at radius 3 is 1.36 bits per heavy atom. The number of primary amides is 1. The van der Waals surface area contributed by atoms with Crippen LogP contribution in [-0.4, -0.2) is 18.0 Å². The number of benzene rings is 3. The van der Waals surface area contributed by atoms with Gasteiger partial charge in [0.05, 0.1) is 12.6 Å². The van der Waals surface area contributed by atoms with Gasteiger partial charge < -0.3 is 15.6 Å². The molecule has 3 rings (SSSR count). The monoisotopic (exact) mass is 394 g/mol. The van der Waals surface area contributed by atoms with Crippen molar-refractivity contribution in [1.82, 2.24) is 0 Å². The number of nitrogens with two attached hydrogens (primary N) is 1. The molecular formula is C23H24NO3P. The molecular weight excluding hydrogens is 369 g/mol. The molecule has 1 atom stereocenters. The SMILES string of the molecule is CC(=O)[O-].[2H]C(C[P+](c1ccccc1)(c1ccccc1)c1ccccc1)C(N)=O. The van der Waals surface area contributed by atoms with E-state index in [0.717, 1.165) is 22.8 Å². The lowest BCUT2D eigenvalue weighted by Gasteiger charge is -2.27. The summed E-state index contributed by atoms with van der Waals surface area (Å²) >= 11 is 0. The lowest BCUT2D eigenvalue weighted by Crippen LogP contribution is -2.34. The van der Waals surface area contributed by atoms with Crippen molar-refractivity contribution in [2.45, 2.75) is 13.3 Å². The van der Waals surface area contributed by atoms with E-state index in [4.69, 9.17) is 17.0 Å². The fourth-order valence-electron chi connectivity index (χ4n) is 3.04. The molecule has 0 saturated carbocycles. The van der Waals surface area contributed by atoms with Gasteiger partial charge in [-0.1, -0.05) is 54.6 Å². The largest absolute Gasteiger partial charge is 0.550 e. The van der Waals surface area contributed by atoms with Crippen LogP contribution in [0.5, 0.6) is 0 Å². The number of aliphatic carboxylic acids is 1. The van der Waals surface area contributed by atoms with Gasteiger partial charge in [-0.3, -0.25) is 4.79 Å². The fraction of sp³-hybridized carbons (Fsp3) is 0.130. The molecule has 0 radical (unpaired) electrons. The van der Waals surface area contributed by atoms with Crippen LogP contribution in [0.2, 0.25) is 0 Å². The lowest BCUT2D eigenvalue weighted by atomic mass is 10.3. The second-order valence-corrected chi connectivity index (χ2v) is 9.63. The Morgan fingerprint density at radius 1 is 0.821 bits per heavy atom. The maximum Gasteiger partial charge on any atom is 0.221 e. The summed E-state index contributed by atoms with van der Waals surface area (Å²) in [6, 6.07) is 30.6. The molecule has 0 heterocycles. The van der Waals surface area contributed by atoms with E-state index in [2.05, 4.69) is 36.4 Å². The third-order valence-corrected chi connectivity index (χ3v) is 8.43. The smallest absolute Gasteiger partial charge is 0.221 e. The Kier molecular flexibility index (Phi) is 7.34. The fourth-order valence-corrected chi connectivity index (χ4v) is 7.06. The van der Waals surface area contributed by atoms with Gasteiger partial charge in [0.25, 0.3) is 0 Å². The molecule has 0 spiro atoms. The van der Waals surface area contributed by atoms with Gasteiger partial charge in [-0.05, 0) is 43.3 Å². The molecule has 1 unspecified atom stereocenters. The summed E-state index contributed by atoms with van der Waals surface area (Å²) in [5, 5.41) is 12.4. The molecule has 28 heavy (non-hydrogen) atoms. The first-order chi connectivity index (χ1) is 13.9. The summed E-state index contributed by atoms with van der Waals surface area (Å²) in [6.45, 7) is 0.972. The van der Waals surface area contributed by atoms with E-state index in [-0.39, 0.29) is 0 Å². The molecule has 0 aliphatic carbocycles. The van der Waals surface area contributed by atoms with Crippen molar-refractivity contribution >= 4 is 35.1 Å². The molecule has 0 saturated heterocycles. The molecule has 0 fully saturated rings. The van der Waals surface area contributed by atoms with Gasteiger partial charge >= 0.3 is 0 Å². The Balaban J connectivity index is 0.000000687. The van der Waals surface area contributed by atoms with Crippen molar-refractivity contribution in [1.29, 1.82) is 0 Å². The number of carboxylic acid groups (broad SMARTS) is 1. The highest BCUT2D eigenvalue weighted by Crippen LogP contribution is 2.55. The van der Waals surface area contributed by atoms with Crippen LogP contribution in [0.3, 0.4) is 0 Å². The first-order valence-corrected chi connectivity index (χ1v) is 10.8. The van der Waals surface area contributed by atoms with E-state index in [1.54, 1.807) is 0 Å². The third-order valence-electron chi connectivity index (χ3n) is 4.16. The zero-order chi connectivity index (χ0) is 21.3. The van der Waals surface area contributed by atoms with Crippen LogP contribution >= 0.6 is 7.26 Å². The van der Waals surface area contributed by atoms with Crippen molar-refractivity contribution in [3.63, 3.8) is 0 Å². The van der Waals surface area contributed by atoms with Crippen LogP contribution in [0.25, 0.3) is 0 Å². The Bertz CT molecular complexity index is 820. The predicted molar refractivity (Wildman–Crippen MR) is 115 cm³/mol. The minimum Gasteiger partial charge on any atom is -0.550 e. The van der Waals surface area contributed by atoms with E-state index in [0.29, 0.717) is 6.16 Å². The number of carboxylic acids is 1. The van der Waals surface area contributed by atoms with Crippen LogP contribution in [0.4, 0.5) is 0 Å². The normalized spacial score (nSPS) is 12.1. The molecule has 0 aromatic heterocycles. The average molecular weight is 394 g/mol. The van der Waals surface area contributed by atoms with Gasteiger partial charge in [0.2, 0.25) is 5.91 Å². The quantitative estimate of drug-likeness (QED) is 0.645. The predicted octanol–water partition coefficient (Wildman–Crippen LogP) is 1.61. The first kappa shape index (κ1) is 19.8. The molecule has 3 aromatic rings. The molecule has 0 aliphatic rings. The molecule has 2 N–H and O–H groups in total. The topological polar surface area (TPSA) is 83.2 Å². The summed E-state index contributed by atoms with van der Waals surface area (Å²) in [5.41, 5.74) is 5.47. The zero-order valence-corrected chi connectivity index (χ0v) is 16.6. The van der Waals surface area contributed by atoms with Crippen molar-refractivity contribution in [2.24, 2.45) is 5.73 Å². The number of rotatable bonds is 6. The molecule has 0 aliphatic heterocycles. The molecule has 5 heteroatoms. The lowest BCUT2D eigenvalue weighted by molar-refractivity contribution is -0.302. The van der Waals surface area contributed by atoms with Crippen molar-refractivity contribution in [2.75, 3.05) is 6.16 Å². The minimum atomic E-state index is -2.15. The number of hydrogen-bond acceptors (Lipinski definition) is 3.